The van der Waals surface area contributed by atoms with Gasteiger partial charge in [-0.15, -0.1) is 0 Å². The van der Waals surface area contributed by atoms with Crippen LogP contribution in [0.25, 0.3) is 0 Å². The Hall–Kier alpha value is -1.66. The highest BCUT2D eigenvalue weighted by atomic mass is 35.5. The first-order valence-electron chi connectivity index (χ1n) is 5.25. The minimum Gasteiger partial charge on any atom is -0.389 e. The van der Waals surface area contributed by atoms with E-state index in [9.17, 15) is 0 Å². The van der Waals surface area contributed by atoms with Crippen molar-refractivity contribution in [3.8, 4) is 0 Å². The van der Waals surface area contributed by atoms with Crippen LogP contribution in [0.2, 0.25) is 5.02 Å². The van der Waals surface area contributed by atoms with Gasteiger partial charge in [-0.1, -0.05) is 29.0 Å². The van der Waals surface area contributed by atoms with Crippen LogP contribution in [-0.2, 0) is 6.42 Å². The Kier molecular flexibility index (Phi) is 4.11. The van der Waals surface area contributed by atoms with E-state index in [-0.39, 0.29) is 0 Å². The zero-order valence-electron chi connectivity index (χ0n) is 9.39. The second-order valence-corrected chi connectivity index (χ2v) is 4.43. The number of hydrogen-bond donors (Lipinski definition) is 2. The lowest BCUT2D eigenvalue weighted by Crippen LogP contribution is -2.11. The average molecular weight is 283 g/mol. The predicted octanol–water partition coefficient (Wildman–Crippen LogP) is 2.01. The maximum atomic E-state index is 6.06. The van der Waals surface area contributed by atoms with Crippen LogP contribution in [0, 0.1) is 0 Å². The first-order valence-corrected chi connectivity index (χ1v) is 6.04. The third-order valence-corrected chi connectivity index (χ3v) is 2.85. The Morgan fingerprint density at radius 1 is 1.50 bits per heavy atom. The molecule has 3 N–H and O–H groups in total. The lowest BCUT2D eigenvalue weighted by atomic mass is 10.2. The Labute approximate surface area is 114 Å². The summed E-state index contributed by atoms with van der Waals surface area (Å²) in [5.41, 5.74) is 7.10. The van der Waals surface area contributed by atoms with Crippen molar-refractivity contribution in [3.63, 3.8) is 0 Å². The molecule has 0 saturated carbocycles. The summed E-state index contributed by atoms with van der Waals surface area (Å²) in [7, 11) is 0. The summed E-state index contributed by atoms with van der Waals surface area (Å²) >= 11 is 10.9. The van der Waals surface area contributed by atoms with Crippen molar-refractivity contribution in [2.45, 2.75) is 6.42 Å². The number of benzene rings is 1. The van der Waals surface area contributed by atoms with Gasteiger partial charge in [0.05, 0.1) is 5.02 Å². The summed E-state index contributed by atoms with van der Waals surface area (Å²) in [6, 6.07) is 5.45. The van der Waals surface area contributed by atoms with Gasteiger partial charge in [0.15, 0.2) is 5.82 Å². The van der Waals surface area contributed by atoms with Crippen molar-refractivity contribution in [1.29, 1.82) is 0 Å². The van der Waals surface area contributed by atoms with Crippen LogP contribution in [-0.4, -0.2) is 21.7 Å². The van der Waals surface area contributed by atoms with E-state index in [4.69, 9.17) is 29.6 Å². The third kappa shape index (κ3) is 3.18. The molecule has 5 nitrogen and oxygen atoms in total. The lowest BCUT2D eigenvalue weighted by molar-refractivity contribution is 0.410. The molecule has 0 atom stereocenters. The number of rotatable bonds is 5. The molecule has 2 aromatic rings. The van der Waals surface area contributed by atoms with E-state index in [0.717, 1.165) is 5.69 Å². The van der Waals surface area contributed by atoms with E-state index in [1.165, 1.54) is 6.39 Å². The quantitative estimate of drug-likeness (QED) is 0.817. The molecule has 1 heterocycles. The molecule has 7 heteroatoms. The Morgan fingerprint density at radius 3 is 2.94 bits per heavy atom. The molecule has 0 radical (unpaired) electrons. The van der Waals surface area contributed by atoms with Gasteiger partial charge in [-0.25, -0.2) is 0 Å². The van der Waals surface area contributed by atoms with Crippen molar-refractivity contribution in [3.05, 3.63) is 41.0 Å². The van der Waals surface area contributed by atoms with Crippen LogP contribution >= 0.6 is 23.8 Å². The number of hydrogen-bond acceptors (Lipinski definition) is 5. The SMILES string of the molecule is NC(=S)c1ccc(NCCc2ncon2)cc1Cl. The summed E-state index contributed by atoms with van der Waals surface area (Å²) in [5.74, 6) is 0.661. The number of anilines is 1. The van der Waals surface area contributed by atoms with E-state index in [1.807, 2.05) is 6.07 Å². The predicted molar refractivity (Wildman–Crippen MR) is 73.8 cm³/mol. The Balaban J connectivity index is 1.94. The van der Waals surface area contributed by atoms with Gasteiger partial charge in [-0.2, -0.15) is 4.98 Å². The number of nitrogens with zero attached hydrogens (tertiary/aromatic N) is 2. The number of thiocarbonyl (C=S) groups is 1. The fraction of sp³-hybridized carbons (Fsp3) is 0.182. The minimum absolute atomic E-state index is 0.290. The van der Waals surface area contributed by atoms with Gasteiger partial charge in [-0.3, -0.25) is 0 Å². The average Bonchev–Trinajstić information content (AvgIpc) is 2.81. The van der Waals surface area contributed by atoms with E-state index in [0.29, 0.717) is 34.4 Å². The van der Waals surface area contributed by atoms with Gasteiger partial charge < -0.3 is 15.6 Å². The highest BCUT2D eigenvalue weighted by Gasteiger charge is 2.04. The lowest BCUT2D eigenvalue weighted by Gasteiger charge is -2.07. The highest BCUT2D eigenvalue weighted by molar-refractivity contribution is 7.80. The van der Waals surface area contributed by atoms with Gasteiger partial charge in [-0.05, 0) is 18.2 Å². The highest BCUT2D eigenvalue weighted by Crippen LogP contribution is 2.20. The molecule has 0 aliphatic rings. The maximum absolute atomic E-state index is 6.06. The molecule has 0 amide bonds. The van der Waals surface area contributed by atoms with E-state index in [2.05, 4.69) is 20.0 Å². The largest absolute Gasteiger partial charge is 0.389 e. The fourth-order valence-electron chi connectivity index (χ4n) is 1.45. The van der Waals surface area contributed by atoms with Crippen molar-refractivity contribution < 1.29 is 4.52 Å². The molecular weight excluding hydrogens is 272 g/mol. The fourth-order valence-corrected chi connectivity index (χ4v) is 1.96. The van der Waals surface area contributed by atoms with Crippen LogP contribution in [0.15, 0.2) is 29.1 Å². The van der Waals surface area contributed by atoms with E-state index in [1.54, 1.807) is 12.1 Å². The molecule has 0 aliphatic heterocycles. The van der Waals surface area contributed by atoms with Crippen molar-refractivity contribution in [2.24, 2.45) is 5.73 Å². The summed E-state index contributed by atoms with van der Waals surface area (Å²) in [6.07, 6.45) is 1.98. The molecule has 0 bridgehead atoms. The molecule has 0 fully saturated rings. The van der Waals surface area contributed by atoms with Crippen molar-refractivity contribution >= 4 is 34.5 Å². The first kappa shape index (κ1) is 12.8. The third-order valence-electron chi connectivity index (χ3n) is 2.32. The van der Waals surface area contributed by atoms with Gasteiger partial charge >= 0.3 is 0 Å². The molecule has 0 saturated heterocycles. The standard InChI is InChI=1S/C11H11ClN4OS/c12-9-5-7(1-2-8(9)11(13)18)14-4-3-10-15-6-17-16-10/h1-2,5-6,14H,3-4H2,(H2,13,18). The molecule has 2 rings (SSSR count). The van der Waals surface area contributed by atoms with E-state index < -0.39 is 0 Å². The van der Waals surface area contributed by atoms with Crippen LogP contribution in [0.3, 0.4) is 0 Å². The van der Waals surface area contributed by atoms with E-state index >= 15 is 0 Å². The second-order valence-electron chi connectivity index (χ2n) is 3.58. The van der Waals surface area contributed by atoms with Crippen molar-refractivity contribution in [2.75, 3.05) is 11.9 Å². The number of halogens is 1. The molecule has 0 unspecified atom stereocenters. The van der Waals surface area contributed by atoms with Crippen LogP contribution in [0.5, 0.6) is 0 Å². The van der Waals surface area contributed by atoms with Crippen molar-refractivity contribution in [1.82, 2.24) is 10.1 Å². The van der Waals surface area contributed by atoms with Gasteiger partial charge in [0.1, 0.15) is 4.99 Å². The summed E-state index contributed by atoms with van der Waals surface area (Å²) < 4.78 is 4.64. The van der Waals surface area contributed by atoms with Crippen LogP contribution in [0.4, 0.5) is 5.69 Å². The maximum Gasteiger partial charge on any atom is 0.213 e. The summed E-state index contributed by atoms with van der Waals surface area (Å²) in [4.78, 5) is 4.21. The smallest absolute Gasteiger partial charge is 0.213 e. The number of nitrogens with two attached hydrogens (primary N) is 1. The second kappa shape index (κ2) is 5.79. The first-order chi connectivity index (χ1) is 8.66. The molecule has 1 aromatic carbocycles. The topological polar surface area (TPSA) is 77.0 Å². The van der Waals surface area contributed by atoms with Crippen LogP contribution in [0.1, 0.15) is 11.4 Å². The summed E-state index contributed by atoms with van der Waals surface area (Å²) in [6.45, 7) is 0.683. The molecule has 94 valence electrons. The molecule has 1 aromatic heterocycles. The zero-order chi connectivity index (χ0) is 13.0. The van der Waals surface area contributed by atoms with Gasteiger partial charge in [0.2, 0.25) is 6.39 Å². The minimum atomic E-state index is 0.290. The normalized spacial score (nSPS) is 10.3. The van der Waals surface area contributed by atoms with Crippen LogP contribution < -0.4 is 11.1 Å². The molecule has 0 spiro atoms. The monoisotopic (exact) mass is 282 g/mol. The van der Waals surface area contributed by atoms with Gasteiger partial charge in [0, 0.05) is 24.2 Å². The molecular formula is C11H11ClN4OS. The molecule has 0 aliphatic carbocycles. The summed E-state index contributed by atoms with van der Waals surface area (Å²) in [5, 5.41) is 7.45. The molecule has 18 heavy (non-hydrogen) atoms. The Bertz CT molecular complexity index is 544. The van der Waals surface area contributed by atoms with Gasteiger partial charge in [0.25, 0.3) is 0 Å². The number of aromatic nitrogens is 2. The zero-order valence-corrected chi connectivity index (χ0v) is 11.0. The number of nitrogens with one attached hydrogen (secondary N) is 1. The Morgan fingerprint density at radius 2 is 2.33 bits per heavy atom.